The fraction of sp³-hybridized carbons (Fsp3) is 0.763. The van der Waals surface area contributed by atoms with Crippen molar-refractivity contribution >= 4 is 41.4 Å². The van der Waals surface area contributed by atoms with Gasteiger partial charge in [0.1, 0.15) is 12.1 Å². The number of rotatable bonds is 13. The van der Waals surface area contributed by atoms with Crippen LogP contribution < -0.4 is 21.3 Å². The second-order valence-corrected chi connectivity index (χ2v) is 18.7. The Bertz CT molecular complexity index is 1430. The van der Waals surface area contributed by atoms with Gasteiger partial charge >= 0.3 is 6.03 Å². The maximum absolute atomic E-state index is 14.5. The number of imide groups is 1. The van der Waals surface area contributed by atoms with Crippen LogP contribution in [0.2, 0.25) is 0 Å². The Labute approximate surface area is 302 Å². The first kappa shape index (κ1) is 40.0. The number of amides is 7. The second kappa shape index (κ2) is 14.3. The Morgan fingerprint density at radius 3 is 2.00 bits per heavy atom. The number of nitrogens with zero attached hydrogens (tertiary/aromatic N) is 2. The highest BCUT2D eigenvalue weighted by atomic mass is 16.2. The summed E-state index contributed by atoms with van der Waals surface area (Å²) in [6.45, 7) is 23.0. The SMILES string of the molecule is C=CCNC(=O)C(=O)C(CC1CC1)NC(=O)[C@@H]1[C@@H]2[C@H](CN1C(=O)[C@@H](NC(=O)N[C@H](CN1C(=O)CC(C)(C)CC1=O)C(C)(C)C)C(C)(C)C)C2(C)C. The van der Waals surface area contributed by atoms with Crippen LogP contribution in [0, 0.1) is 39.4 Å². The minimum Gasteiger partial charge on any atom is -0.346 e. The number of ketones is 1. The second-order valence-electron chi connectivity index (χ2n) is 18.7. The van der Waals surface area contributed by atoms with Crippen LogP contribution in [-0.4, -0.2) is 95.0 Å². The summed E-state index contributed by atoms with van der Waals surface area (Å²) in [5.74, 6) is -2.86. The Kier molecular flexibility index (Phi) is 11.2. The molecule has 6 atom stereocenters. The van der Waals surface area contributed by atoms with Gasteiger partial charge in [0, 0.05) is 32.5 Å². The first-order valence-corrected chi connectivity index (χ1v) is 18.3. The summed E-state index contributed by atoms with van der Waals surface area (Å²) in [6.07, 6.45) is 4.10. The molecule has 0 aromatic carbocycles. The third-order valence-electron chi connectivity index (χ3n) is 11.3. The topological polar surface area (TPSA) is 174 Å². The van der Waals surface area contributed by atoms with E-state index < -0.39 is 69.9 Å². The lowest BCUT2D eigenvalue weighted by molar-refractivity contribution is -0.153. The van der Waals surface area contributed by atoms with E-state index in [9.17, 15) is 33.6 Å². The van der Waals surface area contributed by atoms with Crippen molar-refractivity contribution in [2.24, 2.45) is 39.4 Å². The number of piperidine rings is 2. The van der Waals surface area contributed by atoms with Crippen LogP contribution in [0.1, 0.15) is 101 Å². The molecule has 2 saturated heterocycles. The van der Waals surface area contributed by atoms with E-state index in [0.29, 0.717) is 13.0 Å². The van der Waals surface area contributed by atoms with Gasteiger partial charge < -0.3 is 26.2 Å². The lowest BCUT2D eigenvalue weighted by Crippen LogP contribution is -2.63. The zero-order chi connectivity index (χ0) is 38.4. The smallest absolute Gasteiger partial charge is 0.315 e. The van der Waals surface area contributed by atoms with E-state index in [0.717, 1.165) is 12.8 Å². The molecule has 4 N–H and O–H groups in total. The molecule has 0 spiro atoms. The van der Waals surface area contributed by atoms with Gasteiger partial charge in [-0.25, -0.2) is 4.79 Å². The number of carbonyl (C=O) groups excluding carboxylic acids is 7. The molecule has 4 aliphatic rings. The van der Waals surface area contributed by atoms with Crippen LogP contribution in [0.5, 0.6) is 0 Å². The van der Waals surface area contributed by atoms with E-state index in [1.807, 2.05) is 55.4 Å². The van der Waals surface area contributed by atoms with Crippen LogP contribution in [0.4, 0.5) is 4.79 Å². The monoisotopic (exact) mass is 712 g/mol. The Morgan fingerprint density at radius 1 is 0.902 bits per heavy atom. The van der Waals surface area contributed by atoms with Gasteiger partial charge in [0.2, 0.25) is 29.4 Å². The summed E-state index contributed by atoms with van der Waals surface area (Å²) in [4.78, 5) is 96.7. The highest BCUT2D eigenvalue weighted by Gasteiger charge is 2.70. The van der Waals surface area contributed by atoms with Gasteiger partial charge in [-0.1, -0.05) is 88.2 Å². The lowest BCUT2D eigenvalue weighted by Gasteiger charge is -2.40. The zero-order valence-electron chi connectivity index (χ0n) is 32.2. The molecule has 13 heteroatoms. The molecule has 2 saturated carbocycles. The number of carbonyl (C=O) groups is 7. The molecule has 284 valence electrons. The van der Waals surface area contributed by atoms with E-state index in [2.05, 4.69) is 41.7 Å². The van der Waals surface area contributed by atoms with Gasteiger partial charge in [0.25, 0.3) is 5.91 Å². The van der Waals surface area contributed by atoms with Crippen molar-refractivity contribution in [3.8, 4) is 0 Å². The van der Waals surface area contributed by atoms with Crippen LogP contribution >= 0.6 is 0 Å². The quantitative estimate of drug-likeness (QED) is 0.129. The van der Waals surface area contributed by atoms with Gasteiger partial charge in [0.05, 0.1) is 12.1 Å². The van der Waals surface area contributed by atoms with Crippen molar-refractivity contribution in [1.82, 2.24) is 31.1 Å². The van der Waals surface area contributed by atoms with Crippen LogP contribution in [-0.2, 0) is 28.8 Å². The maximum atomic E-state index is 14.5. The summed E-state index contributed by atoms with van der Waals surface area (Å²) in [6, 6.07) is -4.20. The zero-order valence-corrected chi connectivity index (χ0v) is 32.2. The van der Waals surface area contributed by atoms with Crippen molar-refractivity contribution in [1.29, 1.82) is 0 Å². The predicted molar refractivity (Wildman–Crippen MR) is 192 cm³/mol. The minimum atomic E-state index is -1.04. The molecule has 4 fully saturated rings. The molecule has 51 heavy (non-hydrogen) atoms. The third kappa shape index (κ3) is 9.18. The number of hydrogen-bond donors (Lipinski definition) is 4. The van der Waals surface area contributed by atoms with Gasteiger partial charge in [-0.15, -0.1) is 6.58 Å². The van der Waals surface area contributed by atoms with Crippen LogP contribution in [0.25, 0.3) is 0 Å². The number of urea groups is 1. The molecule has 1 unspecified atom stereocenters. The molecule has 2 aliphatic carbocycles. The van der Waals surface area contributed by atoms with Crippen molar-refractivity contribution in [3.63, 3.8) is 0 Å². The molecule has 13 nitrogen and oxygen atoms in total. The van der Waals surface area contributed by atoms with E-state index in [1.165, 1.54) is 15.9 Å². The number of fused-ring (bicyclic) bond motifs is 1. The van der Waals surface area contributed by atoms with Crippen molar-refractivity contribution in [2.75, 3.05) is 19.6 Å². The maximum Gasteiger partial charge on any atom is 0.315 e. The average Bonchev–Trinajstić information content (AvgIpc) is 3.84. The molecule has 0 radical (unpaired) electrons. The number of hydrogen-bond acceptors (Lipinski definition) is 7. The molecular formula is C38H60N6O7. The standard InChI is InChI=1S/C38H60N6O7/c1-12-15-39-32(49)29(47)23(16-21-13-14-21)40-31(48)28-27-22(38(27,10)11)19-44(28)33(50)30(36(5,6)7)42-34(51)41-24(35(2,3)4)20-43-25(45)17-37(8,9)18-26(43)46/h12,21-24,27-28,30H,1,13-20H2,2-11H3,(H,39,49)(H,40,48)(H2,41,42,51)/t22-,23?,24+,27-,28-,30+/m0/s1. The van der Waals surface area contributed by atoms with Gasteiger partial charge in [-0.2, -0.15) is 0 Å². The Morgan fingerprint density at radius 2 is 1.49 bits per heavy atom. The summed E-state index contributed by atoms with van der Waals surface area (Å²) in [7, 11) is 0. The summed E-state index contributed by atoms with van der Waals surface area (Å²) < 4.78 is 0. The average molecular weight is 713 g/mol. The highest BCUT2D eigenvalue weighted by Crippen LogP contribution is 2.65. The van der Waals surface area contributed by atoms with Gasteiger partial charge in [0.15, 0.2) is 0 Å². The van der Waals surface area contributed by atoms with E-state index in [4.69, 9.17) is 0 Å². The number of likely N-dealkylation sites (tertiary alicyclic amines) is 2. The summed E-state index contributed by atoms with van der Waals surface area (Å²) in [5.41, 5.74) is -1.96. The molecular weight excluding hydrogens is 652 g/mol. The highest BCUT2D eigenvalue weighted by molar-refractivity contribution is 6.38. The predicted octanol–water partition coefficient (Wildman–Crippen LogP) is 2.93. The molecule has 7 amide bonds. The molecule has 0 aromatic heterocycles. The van der Waals surface area contributed by atoms with Gasteiger partial charge in [-0.3, -0.25) is 33.7 Å². The lowest BCUT2D eigenvalue weighted by atomic mass is 9.80. The molecule has 0 bridgehead atoms. The molecule has 2 heterocycles. The first-order chi connectivity index (χ1) is 23.4. The largest absolute Gasteiger partial charge is 0.346 e. The third-order valence-corrected chi connectivity index (χ3v) is 11.3. The molecule has 4 rings (SSSR count). The fourth-order valence-electron chi connectivity index (χ4n) is 7.68. The van der Waals surface area contributed by atoms with E-state index in [-0.39, 0.29) is 60.9 Å². The fourth-order valence-corrected chi connectivity index (χ4v) is 7.68. The normalized spacial score (nSPS) is 25.6. The van der Waals surface area contributed by atoms with E-state index in [1.54, 1.807) is 0 Å². The van der Waals surface area contributed by atoms with E-state index >= 15 is 0 Å². The van der Waals surface area contributed by atoms with Crippen LogP contribution in [0.3, 0.4) is 0 Å². The molecule has 0 aromatic rings. The molecule has 2 aliphatic heterocycles. The number of nitrogens with one attached hydrogen (secondary N) is 4. The minimum absolute atomic E-state index is 0.00202. The first-order valence-electron chi connectivity index (χ1n) is 18.3. The van der Waals surface area contributed by atoms with Crippen LogP contribution in [0.15, 0.2) is 12.7 Å². The van der Waals surface area contributed by atoms with Gasteiger partial charge in [-0.05, 0) is 45.8 Å². The van der Waals surface area contributed by atoms with Crippen molar-refractivity contribution < 1.29 is 33.6 Å². The Balaban J connectivity index is 1.52. The number of Topliss-reactive ketones (excluding diaryl/α,β-unsaturated/α-hetero) is 1. The Hall–Kier alpha value is -3.77. The van der Waals surface area contributed by atoms with Crippen molar-refractivity contribution in [3.05, 3.63) is 12.7 Å². The summed E-state index contributed by atoms with van der Waals surface area (Å²) >= 11 is 0. The summed E-state index contributed by atoms with van der Waals surface area (Å²) in [5, 5.41) is 11.2. The van der Waals surface area contributed by atoms with Crippen molar-refractivity contribution in [2.45, 2.75) is 126 Å².